The van der Waals surface area contributed by atoms with Crippen LogP contribution in [0.2, 0.25) is 0 Å². The first-order valence-corrected chi connectivity index (χ1v) is 11.9. The monoisotopic (exact) mass is 525 g/mol. The van der Waals surface area contributed by atoms with E-state index in [1.54, 1.807) is 0 Å². The second kappa shape index (κ2) is 6.68. The standard InChI is InChI=1S/C26H21F6NO4/c1-33-17-10-16(11-22(17)18-19-24(18,37-19)20(22)33)36-21(34)23(35,12-4-2-6-14(8-12)25(27,28)29)13-5-3-7-15(9-13)26(30,31)32/h2-9,16-20,35H,10-11H2,1H3/t16?,17?,18?,19?,20-,22+,24?/m0/s1. The number of esters is 1. The van der Waals surface area contributed by atoms with Crippen LogP contribution in [0.5, 0.6) is 0 Å². The van der Waals surface area contributed by atoms with Crippen molar-refractivity contribution in [1.29, 1.82) is 0 Å². The van der Waals surface area contributed by atoms with Crippen LogP contribution in [-0.2, 0) is 32.2 Å². The number of nitrogens with zero attached hydrogens (tertiary/aromatic N) is 1. The number of alkyl halides is 6. The molecule has 2 aliphatic heterocycles. The summed E-state index contributed by atoms with van der Waals surface area (Å²) in [4.78, 5) is 15.8. The zero-order chi connectivity index (χ0) is 26.3. The van der Waals surface area contributed by atoms with Gasteiger partial charge in [-0.25, -0.2) is 4.79 Å². The highest BCUT2D eigenvalue weighted by Crippen LogP contribution is 2.92. The number of halogens is 6. The van der Waals surface area contributed by atoms with Gasteiger partial charge < -0.3 is 14.6 Å². The van der Waals surface area contributed by atoms with Gasteiger partial charge in [0.15, 0.2) is 0 Å². The second-order valence-electron chi connectivity index (χ2n) is 10.9. The summed E-state index contributed by atoms with van der Waals surface area (Å²) in [6, 6.07) is 7.13. The Morgan fingerprint density at radius 2 is 1.54 bits per heavy atom. The molecule has 196 valence electrons. The van der Waals surface area contributed by atoms with Crippen LogP contribution < -0.4 is 0 Å². The molecule has 7 rings (SSSR count). The maximum absolute atomic E-state index is 13.6. The first kappa shape index (κ1) is 23.5. The van der Waals surface area contributed by atoms with Gasteiger partial charge in [0.1, 0.15) is 11.7 Å². The Morgan fingerprint density at radius 1 is 1.00 bits per heavy atom. The normalized spacial score (nSPS) is 37.4. The van der Waals surface area contributed by atoms with Crippen molar-refractivity contribution in [2.45, 2.75) is 60.7 Å². The Labute approximate surface area is 207 Å². The SMILES string of the molecule is CN1C2CC(OC(=O)C(O)(c3cccc(C(F)(F)F)c3)c3cccc(C(F)(F)F)c3)C[C@]23C2C4OC42[C@@H]13. The summed E-state index contributed by atoms with van der Waals surface area (Å²) in [5.41, 5.74) is -6.37. The maximum Gasteiger partial charge on any atom is 0.416 e. The molecule has 3 saturated carbocycles. The molecule has 5 fully saturated rings. The average molecular weight is 525 g/mol. The summed E-state index contributed by atoms with van der Waals surface area (Å²) in [6.07, 6.45) is -9.01. The third kappa shape index (κ3) is 2.75. The van der Waals surface area contributed by atoms with E-state index in [0.717, 1.165) is 36.4 Å². The summed E-state index contributed by atoms with van der Waals surface area (Å²) < 4.78 is 92.0. The summed E-state index contributed by atoms with van der Waals surface area (Å²) in [7, 11) is 1.97. The number of piperidine rings is 1. The summed E-state index contributed by atoms with van der Waals surface area (Å²) >= 11 is 0. The fourth-order valence-electron chi connectivity index (χ4n) is 7.81. The Balaban J connectivity index is 1.23. The minimum atomic E-state index is -4.80. The lowest BCUT2D eigenvalue weighted by Crippen LogP contribution is -2.80. The molecule has 5 aliphatic rings. The van der Waals surface area contributed by atoms with E-state index in [9.17, 15) is 36.2 Å². The average Bonchev–Trinajstić information content (AvgIpc) is 3.64. The van der Waals surface area contributed by atoms with E-state index in [1.165, 1.54) is 0 Å². The van der Waals surface area contributed by atoms with E-state index in [0.29, 0.717) is 30.9 Å². The molecule has 2 aromatic rings. The van der Waals surface area contributed by atoms with E-state index < -0.39 is 52.3 Å². The number of carbonyl (C=O) groups is 1. The largest absolute Gasteiger partial charge is 0.460 e. The topological polar surface area (TPSA) is 62.3 Å². The Morgan fingerprint density at radius 3 is 2.05 bits per heavy atom. The molecule has 2 heterocycles. The van der Waals surface area contributed by atoms with Crippen LogP contribution in [-0.4, -0.2) is 52.9 Å². The fourth-order valence-corrected chi connectivity index (χ4v) is 7.81. The van der Waals surface area contributed by atoms with Crippen molar-refractivity contribution in [2.75, 3.05) is 7.05 Å². The van der Waals surface area contributed by atoms with Crippen molar-refractivity contribution in [3.63, 3.8) is 0 Å². The van der Waals surface area contributed by atoms with Gasteiger partial charge in [-0.05, 0) is 37.7 Å². The van der Waals surface area contributed by atoms with Crippen LogP contribution in [0.15, 0.2) is 48.5 Å². The van der Waals surface area contributed by atoms with Crippen molar-refractivity contribution in [1.82, 2.24) is 4.90 Å². The number of rotatable bonds is 4. The highest BCUT2D eigenvalue weighted by molar-refractivity contribution is 5.86. The van der Waals surface area contributed by atoms with E-state index >= 15 is 0 Å². The van der Waals surface area contributed by atoms with Gasteiger partial charge in [-0.3, -0.25) is 4.90 Å². The number of benzene rings is 2. The van der Waals surface area contributed by atoms with Gasteiger partial charge in [0.2, 0.25) is 5.60 Å². The zero-order valence-electron chi connectivity index (χ0n) is 19.3. The lowest BCUT2D eigenvalue weighted by Gasteiger charge is -2.68. The molecular formula is C26H21F6NO4. The van der Waals surface area contributed by atoms with E-state index in [1.807, 2.05) is 7.05 Å². The third-order valence-electron chi connectivity index (χ3n) is 9.28. The molecule has 5 nitrogen and oxygen atoms in total. The molecule has 11 heteroatoms. The minimum Gasteiger partial charge on any atom is -0.460 e. The summed E-state index contributed by atoms with van der Waals surface area (Å²) in [5, 5.41) is 11.7. The lowest BCUT2D eigenvalue weighted by atomic mass is 9.52. The Kier molecular flexibility index (Phi) is 4.24. The quantitative estimate of drug-likeness (QED) is 0.370. The highest BCUT2D eigenvalue weighted by Gasteiger charge is 3.05. The Bertz CT molecular complexity index is 1290. The predicted molar refractivity (Wildman–Crippen MR) is 114 cm³/mol. The number of hydrogen-bond donors (Lipinski definition) is 1. The van der Waals surface area contributed by atoms with Gasteiger partial charge in [0.25, 0.3) is 0 Å². The van der Waals surface area contributed by atoms with Gasteiger partial charge in [0, 0.05) is 41.0 Å². The molecule has 1 N–H and O–H groups in total. The minimum absolute atomic E-state index is 0.0485. The molecule has 7 atom stereocenters. The van der Waals surface area contributed by atoms with Crippen molar-refractivity contribution >= 4 is 5.97 Å². The zero-order valence-corrected chi connectivity index (χ0v) is 19.3. The van der Waals surface area contributed by atoms with Crippen LogP contribution in [0.3, 0.4) is 0 Å². The molecule has 5 unspecified atom stereocenters. The molecule has 2 saturated heterocycles. The van der Waals surface area contributed by atoms with Gasteiger partial charge in [0.05, 0.1) is 17.2 Å². The first-order chi connectivity index (χ1) is 17.3. The summed E-state index contributed by atoms with van der Waals surface area (Å²) in [6.45, 7) is 0. The van der Waals surface area contributed by atoms with Crippen LogP contribution in [0.1, 0.15) is 35.1 Å². The van der Waals surface area contributed by atoms with E-state index in [4.69, 9.17) is 9.47 Å². The molecule has 0 amide bonds. The number of epoxide rings is 1. The number of likely N-dealkylation sites (N-methyl/N-ethyl adjacent to an activating group) is 1. The smallest absolute Gasteiger partial charge is 0.416 e. The molecule has 0 bridgehead atoms. The van der Waals surface area contributed by atoms with Crippen LogP contribution >= 0.6 is 0 Å². The molecule has 2 spiro atoms. The van der Waals surface area contributed by atoms with Crippen LogP contribution in [0, 0.1) is 11.3 Å². The number of fused-ring (bicyclic) bond motifs is 1. The number of ether oxygens (including phenoxy) is 2. The molecule has 3 aliphatic carbocycles. The lowest BCUT2D eigenvalue weighted by molar-refractivity contribution is -0.250. The van der Waals surface area contributed by atoms with Crippen molar-refractivity contribution < 1.29 is 45.7 Å². The molecule has 2 aromatic carbocycles. The second-order valence-corrected chi connectivity index (χ2v) is 10.9. The van der Waals surface area contributed by atoms with Crippen LogP contribution in [0.4, 0.5) is 26.3 Å². The third-order valence-corrected chi connectivity index (χ3v) is 9.28. The highest BCUT2D eigenvalue weighted by atomic mass is 19.4. The number of likely N-dealkylation sites (tertiary alicyclic amines) is 1. The molecule has 0 radical (unpaired) electrons. The van der Waals surface area contributed by atoms with Gasteiger partial charge in [-0.1, -0.05) is 24.3 Å². The maximum atomic E-state index is 13.6. The first-order valence-electron chi connectivity index (χ1n) is 11.9. The van der Waals surface area contributed by atoms with E-state index in [2.05, 4.69) is 4.90 Å². The van der Waals surface area contributed by atoms with Crippen molar-refractivity contribution in [3.05, 3.63) is 70.8 Å². The molecule has 37 heavy (non-hydrogen) atoms. The van der Waals surface area contributed by atoms with Gasteiger partial charge in [-0.2, -0.15) is 26.3 Å². The van der Waals surface area contributed by atoms with E-state index in [-0.39, 0.29) is 29.2 Å². The predicted octanol–water partition coefficient (Wildman–Crippen LogP) is 4.12. The number of aliphatic hydroxyl groups is 1. The molecule has 0 aromatic heterocycles. The Hall–Kier alpha value is -2.63. The van der Waals surface area contributed by atoms with Gasteiger partial charge >= 0.3 is 18.3 Å². The number of hydrogen-bond acceptors (Lipinski definition) is 5. The van der Waals surface area contributed by atoms with Crippen molar-refractivity contribution in [3.8, 4) is 0 Å². The van der Waals surface area contributed by atoms with Gasteiger partial charge in [-0.15, -0.1) is 0 Å². The van der Waals surface area contributed by atoms with Crippen molar-refractivity contribution in [2.24, 2.45) is 11.3 Å². The number of carbonyl (C=O) groups excluding carboxylic acids is 1. The molecular weight excluding hydrogens is 504 g/mol. The fraction of sp³-hybridized carbons (Fsp3) is 0.500. The van der Waals surface area contributed by atoms with Crippen LogP contribution in [0.25, 0.3) is 0 Å². The summed E-state index contributed by atoms with van der Waals surface area (Å²) in [5.74, 6) is -0.903.